The van der Waals surface area contributed by atoms with Crippen LogP contribution in [0, 0.1) is 29.6 Å². The van der Waals surface area contributed by atoms with Gasteiger partial charge in [-0.15, -0.1) is 0 Å². The zero-order valence-corrected chi connectivity index (χ0v) is 12.1. The number of hydrogen-bond donors (Lipinski definition) is 0. The molecule has 0 heterocycles. The molecule has 0 N–H and O–H groups in total. The first-order chi connectivity index (χ1) is 8.20. The Labute approximate surface area is 116 Å². The molecule has 2 nitrogen and oxygen atoms in total. The van der Waals surface area contributed by atoms with Crippen LogP contribution in [0.5, 0.6) is 0 Å². The Morgan fingerprint density at radius 2 is 2.00 bits per heavy atom. The molecule has 2 bridgehead atoms. The lowest BCUT2D eigenvalue weighted by molar-refractivity contribution is -0.139. The van der Waals surface area contributed by atoms with Crippen LogP contribution < -0.4 is 0 Å². The number of alkyl halides is 1. The Hall–Kier alpha value is -0.0600. The van der Waals surface area contributed by atoms with Gasteiger partial charge in [0.1, 0.15) is 0 Å². The summed E-state index contributed by atoms with van der Waals surface area (Å²) in [6.45, 7) is 4.07. The van der Waals surface area contributed by atoms with E-state index in [2.05, 4.69) is 29.2 Å². The van der Waals surface area contributed by atoms with Crippen LogP contribution in [-0.4, -0.2) is 16.5 Å². The standard InChI is InChI=1S/C14H19IO2/c1-2-12(16)17-7-10-6-11(15)14-9-4-3-8(5-9)13(10)14/h2,8-11,13-14H,1,3-7H2. The van der Waals surface area contributed by atoms with E-state index < -0.39 is 0 Å². The fraction of sp³-hybridized carbons (Fsp3) is 0.786. The van der Waals surface area contributed by atoms with E-state index in [-0.39, 0.29) is 5.97 Å². The Morgan fingerprint density at radius 1 is 1.29 bits per heavy atom. The van der Waals surface area contributed by atoms with E-state index in [9.17, 15) is 4.79 Å². The summed E-state index contributed by atoms with van der Waals surface area (Å²) in [5, 5.41) is 0. The minimum atomic E-state index is -0.262. The van der Waals surface area contributed by atoms with E-state index in [1.54, 1.807) is 0 Å². The van der Waals surface area contributed by atoms with Crippen molar-refractivity contribution in [1.82, 2.24) is 0 Å². The van der Waals surface area contributed by atoms with Crippen LogP contribution in [0.25, 0.3) is 0 Å². The number of carbonyl (C=O) groups excluding carboxylic acids is 1. The molecule has 3 aliphatic carbocycles. The monoisotopic (exact) mass is 346 g/mol. The summed E-state index contributed by atoms with van der Waals surface area (Å²) < 4.78 is 6.08. The van der Waals surface area contributed by atoms with Gasteiger partial charge < -0.3 is 4.74 Å². The van der Waals surface area contributed by atoms with Gasteiger partial charge in [0.2, 0.25) is 0 Å². The third kappa shape index (κ3) is 1.94. The molecule has 0 radical (unpaired) electrons. The molecule has 0 saturated heterocycles. The van der Waals surface area contributed by atoms with E-state index in [1.807, 2.05) is 0 Å². The van der Waals surface area contributed by atoms with Gasteiger partial charge >= 0.3 is 5.97 Å². The largest absolute Gasteiger partial charge is 0.462 e. The normalized spacial score (nSPS) is 46.9. The van der Waals surface area contributed by atoms with E-state index >= 15 is 0 Å². The second-order valence-electron chi connectivity index (χ2n) is 5.83. The Bertz CT molecular complexity index is 341. The van der Waals surface area contributed by atoms with Crippen molar-refractivity contribution >= 4 is 28.6 Å². The lowest BCUT2D eigenvalue weighted by Gasteiger charge is -2.29. The predicted molar refractivity (Wildman–Crippen MR) is 74.9 cm³/mol. The van der Waals surface area contributed by atoms with Crippen LogP contribution in [0.15, 0.2) is 12.7 Å². The summed E-state index contributed by atoms with van der Waals surface area (Å²) in [6, 6.07) is 0. The van der Waals surface area contributed by atoms with Crippen LogP contribution in [0.1, 0.15) is 25.7 Å². The first-order valence-corrected chi connectivity index (χ1v) is 7.88. The first kappa shape index (κ1) is 12.0. The molecule has 3 saturated carbocycles. The van der Waals surface area contributed by atoms with Gasteiger partial charge in [0.05, 0.1) is 6.61 Å². The fourth-order valence-corrected chi connectivity index (χ4v) is 6.37. The average Bonchev–Trinajstić information content (AvgIpc) is 2.99. The number of ether oxygens (including phenoxy) is 1. The van der Waals surface area contributed by atoms with Crippen molar-refractivity contribution in [3.05, 3.63) is 12.7 Å². The van der Waals surface area contributed by atoms with E-state index in [1.165, 1.54) is 31.8 Å². The Balaban J connectivity index is 1.67. The van der Waals surface area contributed by atoms with Crippen LogP contribution in [0.3, 0.4) is 0 Å². The molecular formula is C14H19IO2. The highest BCUT2D eigenvalue weighted by molar-refractivity contribution is 14.1. The molecule has 0 spiro atoms. The maximum Gasteiger partial charge on any atom is 0.330 e. The van der Waals surface area contributed by atoms with Gasteiger partial charge in [-0.25, -0.2) is 4.79 Å². The van der Waals surface area contributed by atoms with Crippen LogP contribution in [0.4, 0.5) is 0 Å². The highest BCUT2D eigenvalue weighted by Crippen LogP contribution is 2.62. The van der Waals surface area contributed by atoms with Crippen LogP contribution >= 0.6 is 22.6 Å². The van der Waals surface area contributed by atoms with E-state index in [0.717, 1.165) is 27.6 Å². The molecular weight excluding hydrogens is 327 g/mol. The van der Waals surface area contributed by atoms with Crippen molar-refractivity contribution in [2.24, 2.45) is 29.6 Å². The van der Waals surface area contributed by atoms with Gasteiger partial charge in [-0.1, -0.05) is 29.2 Å². The first-order valence-electron chi connectivity index (χ1n) is 6.64. The van der Waals surface area contributed by atoms with Crippen molar-refractivity contribution in [2.45, 2.75) is 29.6 Å². The molecule has 0 aromatic carbocycles. The topological polar surface area (TPSA) is 26.3 Å². The van der Waals surface area contributed by atoms with Crippen molar-refractivity contribution in [1.29, 1.82) is 0 Å². The molecule has 0 aromatic rings. The quantitative estimate of drug-likeness (QED) is 0.340. The predicted octanol–water partition coefficient (Wildman–Crippen LogP) is 3.20. The van der Waals surface area contributed by atoms with Crippen molar-refractivity contribution in [3.63, 3.8) is 0 Å². The summed E-state index contributed by atoms with van der Waals surface area (Å²) in [5.74, 6) is 4.02. The Morgan fingerprint density at radius 3 is 2.71 bits per heavy atom. The minimum Gasteiger partial charge on any atom is -0.462 e. The second-order valence-corrected chi connectivity index (χ2v) is 7.43. The number of hydrogen-bond acceptors (Lipinski definition) is 2. The molecule has 3 fully saturated rings. The molecule has 3 heteroatoms. The van der Waals surface area contributed by atoms with Gasteiger partial charge in [-0.05, 0) is 55.3 Å². The smallest absolute Gasteiger partial charge is 0.330 e. The number of esters is 1. The summed E-state index contributed by atoms with van der Waals surface area (Å²) in [5.41, 5.74) is 0. The minimum absolute atomic E-state index is 0.262. The lowest BCUT2D eigenvalue weighted by Crippen LogP contribution is -2.26. The van der Waals surface area contributed by atoms with Crippen molar-refractivity contribution in [2.75, 3.05) is 6.61 Å². The van der Waals surface area contributed by atoms with Crippen LogP contribution in [0.2, 0.25) is 0 Å². The van der Waals surface area contributed by atoms with Crippen molar-refractivity contribution in [3.8, 4) is 0 Å². The SMILES string of the molecule is C=CC(=O)OCC1CC(I)C2C3CCC(C3)C12. The molecule has 0 amide bonds. The Kier molecular flexibility index (Phi) is 3.22. The summed E-state index contributed by atoms with van der Waals surface area (Å²) >= 11 is 2.63. The van der Waals surface area contributed by atoms with Gasteiger partial charge in [0, 0.05) is 10.0 Å². The van der Waals surface area contributed by atoms with Gasteiger partial charge in [-0.2, -0.15) is 0 Å². The van der Waals surface area contributed by atoms with E-state index in [0.29, 0.717) is 12.5 Å². The molecule has 94 valence electrons. The summed E-state index contributed by atoms with van der Waals surface area (Å²) in [7, 11) is 0. The lowest BCUT2D eigenvalue weighted by atomic mass is 9.78. The number of fused-ring (bicyclic) bond motifs is 5. The molecule has 6 unspecified atom stereocenters. The van der Waals surface area contributed by atoms with Gasteiger partial charge in [0.25, 0.3) is 0 Å². The zero-order chi connectivity index (χ0) is 12.0. The number of rotatable bonds is 3. The maximum absolute atomic E-state index is 11.2. The molecule has 0 aliphatic heterocycles. The molecule has 6 atom stereocenters. The highest BCUT2D eigenvalue weighted by atomic mass is 127. The molecule has 0 aromatic heterocycles. The summed E-state index contributed by atoms with van der Waals surface area (Å²) in [6.07, 6.45) is 6.83. The van der Waals surface area contributed by atoms with Crippen molar-refractivity contribution < 1.29 is 9.53 Å². The third-order valence-electron chi connectivity index (χ3n) is 5.14. The maximum atomic E-state index is 11.2. The third-order valence-corrected chi connectivity index (χ3v) is 6.48. The molecule has 3 rings (SSSR count). The molecule has 3 aliphatic rings. The van der Waals surface area contributed by atoms with Crippen LogP contribution in [-0.2, 0) is 9.53 Å². The average molecular weight is 346 g/mol. The number of halogens is 1. The van der Waals surface area contributed by atoms with Gasteiger partial charge in [0.15, 0.2) is 0 Å². The number of carbonyl (C=O) groups is 1. The van der Waals surface area contributed by atoms with E-state index in [4.69, 9.17) is 4.74 Å². The highest BCUT2D eigenvalue weighted by Gasteiger charge is 2.56. The zero-order valence-electron chi connectivity index (χ0n) is 9.98. The second kappa shape index (κ2) is 4.56. The fourth-order valence-electron chi connectivity index (χ4n) is 4.65. The van der Waals surface area contributed by atoms with Gasteiger partial charge in [-0.3, -0.25) is 0 Å². The summed E-state index contributed by atoms with van der Waals surface area (Å²) in [4.78, 5) is 11.2. The molecule has 17 heavy (non-hydrogen) atoms.